The highest BCUT2D eigenvalue weighted by atomic mass is 16.6. The van der Waals surface area contributed by atoms with Gasteiger partial charge in [0.1, 0.15) is 17.0 Å². The predicted molar refractivity (Wildman–Crippen MR) is 88.0 cm³/mol. The van der Waals surface area contributed by atoms with Crippen LogP contribution >= 0.6 is 0 Å². The first-order chi connectivity index (χ1) is 11.3. The second kappa shape index (κ2) is 6.22. The summed E-state index contributed by atoms with van der Waals surface area (Å²) >= 11 is 0. The van der Waals surface area contributed by atoms with E-state index in [-0.39, 0.29) is 12.1 Å². The molecule has 1 spiro atoms. The zero-order chi connectivity index (χ0) is 17.4. The average molecular weight is 335 g/mol. The van der Waals surface area contributed by atoms with Crippen LogP contribution < -0.4 is 10.1 Å². The highest BCUT2D eigenvalue weighted by Crippen LogP contribution is 2.40. The quantitative estimate of drug-likeness (QED) is 0.887. The summed E-state index contributed by atoms with van der Waals surface area (Å²) < 4.78 is 16.8. The molecule has 0 saturated carbocycles. The number of carbonyl (C=O) groups is 1. The van der Waals surface area contributed by atoms with Crippen molar-refractivity contribution in [1.82, 2.24) is 15.2 Å². The maximum atomic E-state index is 12.2. The van der Waals surface area contributed by atoms with Crippen molar-refractivity contribution in [2.75, 3.05) is 33.4 Å². The zero-order valence-corrected chi connectivity index (χ0v) is 14.7. The molecule has 0 aliphatic carbocycles. The number of hydrogen-bond acceptors (Lipinski definition) is 6. The van der Waals surface area contributed by atoms with Gasteiger partial charge in [-0.25, -0.2) is 4.79 Å². The SMILES string of the molecule is COc1cncc(C2NCCOC23CN(C(=O)OC(C)(C)C)C3)c1. The second-order valence-corrected chi connectivity index (χ2v) is 7.29. The lowest BCUT2D eigenvalue weighted by Gasteiger charge is -2.55. The Balaban J connectivity index is 1.73. The van der Waals surface area contributed by atoms with E-state index in [9.17, 15) is 4.79 Å². The van der Waals surface area contributed by atoms with Crippen molar-refractivity contribution in [3.63, 3.8) is 0 Å². The summed E-state index contributed by atoms with van der Waals surface area (Å²) in [6.45, 7) is 7.97. The molecule has 0 aromatic carbocycles. The largest absolute Gasteiger partial charge is 0.495 e. The van der Waals surface area contributed by atoms with Crippen molar-refractivity contribution in [3.05, 3.63) is 24.0 Å². The third kappa shape index (κ3) is 3.32. The van der Waals surface area contributed by atoms with Crippen molar-refractivity contribution in [2.24, 2.45) is 0 Å². The van der Waals surface area contributed by atoms with Gasteiger partial charge in [-0.15, -0.1) is 0 Å². The molecule has 3 rings (SSSR count). The number of pyridine rings is 1. The molecule has 1 amide bonds. The minimum atomic E-state index is -0.498. The minimum absolute atomic E-state index is 0.0347. The molecule has 24 heavy (non-hydrogen) atoms. The summed E-state index contributed by atoms with van der Waals surface area (Å²) in [7, 11) is 1.62. The molecule has 1 N–H and O–H groups in total. The molecular weight excluding hydrogens is 310 g/mol. The van der Waals surface area contributed by atoms with Gasteiger partial charge in [0.2, 0.25) is 0 Å². The number of likely N-dealkylation sites (tertiary alicyclic amines) is 1. The lowest BCUT2D eigenvalue weighted by molar-refractivity contribution is -0.176. The molecular formula is C17H25N3O4. The molecule has 2 aliphatic heterocycles. The minimum Gasteiger partial charge on any atom is -0.495 e. The Morgan fingerprint density at radius 2 is 2.17 bits per heavy atom. The molecule has 3 heterocycles. The fraction of sp³-hybridized carbons (Fsp3) is 0.647. The fourth-order valence-electron chi connectivity index (χ4n) is 3.18. The molecule has 1 unspecified atom stereocenters. The van der Waals surface area contributed by atoms with Crippen molar-refractivity contribution in [2.45, 2.75) is 38.0 Å². The third-order valence-corrected chi connectivity index (χ3v) is 4.24. The van der Waals surface area contributed by atoms with Crippen LogP contribution in [0.15, 0.2) is 18.5 Å². The number of aromatic nitrogens is 1. The van der Waals surface area contributed by atoms with Gasteiger partial charge in [-0.1, -0.05) is 0 Å². The number of methoxy groups -OCH3 is 1. The Morgan fingerprint density at radius 1 is 1.42 bits per heavy atom. The molecule has 2 saturated heterocycles. The normalized spacial score (nSPS) is 22.8. The van der Waals surface area contributed by atoms with Gasteiger partial charge in [0.05, 0.1) is 39.0 Å². The number of amides is 1. The van der Waals surface area contributed by atoms with Gasteiger partial charge in [-0.3, -0.25) is 4.98 Å². The van der Waals surface area contributed by atoms with E-state index in [1.54, 1.807) is 18.2 Å². The lowest BCUT2D eigenvalue weighted by atomic mass is 9.81. The van der Waals surface area contributed by atoms with Crippen LogP contribution in [0.1, 0.15) is 32.4 Å². The molecule has 2 aliphatic rings. The van der Waals surface area contributed by atoms with Crippen LogP contribution in [0.3, 0.4) is 0 Å². The molecule has 0 bridgehead atoms. The van der Waals surface area contributed by atoms with Gasteiger partial charge in [-0.05, 0) is 32.4 Å². The Hall–Kier alpha value is -1.86. The van der Waals surface area contributed by atoms with Crippen LogP contribution in [0.5, 0.6) is 5.75 Å². The van der Waals surface area contributed by atoms with Crippen molar-refractivity contribution >= 4 is 6.09 Å². The Labute approximate surface area is 142 Å². The topological polar surface area (TPSA) is 72.9 Å². The van der Waals surface area contributed by atoms with Gasteiger partial charge in [0.15, 0.2) is 0 Å². The molecule has 1 aromatic rings. The van der Waals surface area contributed by atoms with Gasteiger partial charge in [0.25, 0.3) is 0 Å². The number of nitrogens with one attached hydrogen (secondary N) is 1. The fourth-order valence-corrected chi connectivity index (χ4v) is 3.18. The van der Waals surface area contributed by atoms with E-state index in [4.69, 9.17) is 14.2 Å². The third-order valence-electron chi connectivity index (χ3n) is 4.24. The predicted octanol–water partition coefficient (Wildman–Crippen LogP) is 1.74. The number of nitrogens with zero attached hydrogens (tertiary/aromatic N) is 2. The van der Waals surface area contributed by atoms with E-state index in [1.807, 2.05) is 33.0 Å². The Bertz CT molecular complexity index is 608. The summed E-state index contributed by atoms with van der Waals surface area (Å²) in [5.41, 5.74) is 0.0584. The summed E-state index contributed by atoms with van der Waals surface area (Å²) in [5.74, 6) is 0.707. The van der Waals surface area contributed by atoms with Crippen molar-refractivity contribution in [1.29, 1.82) is 0 Å². The molecule has 0 radical (unpaired) electrons. The average Bonchev–Trinajstić information content (AvgIpc) is 2.50. The maximum absolute atomic E-state index is 12.2. The number of rotatable bonds is 2. The van der Waals surface area contributed by atoms with Gasteiger partial charge in [-0.2, -0.15) is 0 Å². The zero-order valence-electron chi connectivity index (χ0n) is 14.7. The summed E-state index contributed by atoms with van der Waals surface area (Å²) in [6, 6.07) is 1.92. The molecule has 1 atom stereocenters. The van der Waals surface area contributed by atoms with Crippen LogP contribution in [0.4, 0.5) is 4.79 Å². The Kier molecular flexibility index (Phi) is 4.40. The van der Waals surface area contributed by atoms with Crippen LogP contribution in [-0.2, 0) is 9.47 Å². The molecule has 1 aromatic heterocycles. The van der Waals surface area contributed by atoms with E-state index in [0.717, 1.165) is 12.1 Å². The summed E-state index contributed by atoms with van der Waals surface area (Å²) in [6.07, 6.45) is 3.19. The summed E-state index contributed by atoms with van der Waals surface area (Å²) in [4.78, 5) is 18.1. The number of ether oxygens (including phenoxy) is 3. The highest BCUT2D eigenvalue weighted by Gasteiger charge is 2.54. The smallest absolute Gasteiger partial charge is 0.410 e. The van der Waals surface area contributed by atoms with Gasteiger partial charge in [0, 0.05) is 12.7 Å². The number of carbonyl (C=O) groups excluding carboxylic acids is 1. The molecule has 7 nitrogen and oxygen atoms in total. The van der Waals surface area contributed by atoms with Crippen molar-refractivity contribution < 1.29 is 19.0 Å². The van der Waals surface area contributed by atoms with Crippen LogP contribution in [0.25, 0.3) is 0 Å². The van der Waals surface area contributed by atoms with Crippen LogP contribution in [-0.4, -0.2) is 60.5 Å². The number of morpholine rings is 1. The second-order valence-electron chi connectivity index (χ2n) is 7.29. The maximum Gasteiger partial charge on any atom is 0.410 e. The van der Waals surface area contributed by atoms with E-state index < -0.39 is 11.2 Å². The standard InChI is InChI=1S/C17H25N3O4/c1-16(2,3)24-15(21)20-10-17(11-20)14(19-5-6-23-17)12-7-13(22-4)9-18-8-12/h7-9,14,19H,5-6,10-11H2,1-4H3. The van der Waals surface area contributed by atoms with Gasteiger partial charge < -0.3 is 24.4 Å². The lowest BCUT2D eigenvalue weighted by Crippen LogP contribution is -2.71. The first-order valence-corrected chi connectivity index (χ1v) is 8.17. The summed E-state index contributed by atoms with van der Waals surface area (Å²) in [5, 5.41) is 3.49. The van der Waals surface area contributed by atoms with Crippen molar-refractivity contribution in [3.8, 4) is 5.75 Å². The highest BCUT2D eigenvalue weighted by molar-refractivity contribution is 5.70. The monoisotopic (exact) mass is 335 g/mol. The van der Waals surface area contributed by atoms with E-state index in [2.05, 4.69) is 10.3 Å². The van der Waals surface area contributed by atoms with E-state index in [0.29, 0.717) is 25.4 Å². The van der Waals surface area contributed by atoms with Crippen LogP contribution in [0, 0.1) is 0 Å². The van der Waals surface area contributed by atoms with Gasteiger partial charge >= 0.3 is 6.09 Å². The van der Waals surface area contributed by atoms with E-state index in [1.165, 1.54) is 0 Å². The molecule has 7 heteroatoms. The van der Waals surface area contributed by atoms with E-state index >= 15 is 0 Å². The first-order valence-electron chi connectivity index (χ1n) is 8.17. The van der Waals surface area contributed by atoms with Crippen LogP contribution in [0.2, 0.25) is 0 Å². The first kappa shape index (κ1) is 17.0. The Morgan fingerprint density at radius 3 is 2.83 bits per heavy atom. The number of hydrogen-bond donors (Lipinski definition) is 1. The molecule has 132 valence electrons. The molecule has 2 fully saturated rings.